The minimum absolute atomic E-state index is 0.184. The van der Waals surface area contributed by atoms with Crippen LogP contribution < -0.4 is 0 Å². The van der Waals surface area contributed by atoms with Gasteiger partial charge in [0.15, 0.2) is 0 Å². The SMILES string of the molecule is C[C@H](CN1CCO[C@](C)(c2cnn(C)c2)C1)c1ccc(F)cc1. The summed E-state index contributed by atoms with van der Waals surface area (Å²) in [6.45, 7) is 7.71. The first-order valence-electron chi connectivity index (χ1n) is 8.07. The fourth-order valence-electron chi connectivity index (χ4n) is 3.26. The zero-order valence-electron chi connectivity index (χ0n) is 14.0. The fourth-order valence-corrected chi connectivity index (χ4v) is 3.26. The maximum atomic E-state index is 13.1. The maximum absolute atomic E-state index is 13.1. The first-order chi connectivity index (χ1) is 11.0. The molecule has 0 spiro atoms. The summed E-state index contributed by atoms with van der Waals surface area (Å²) in [4.78, 5) is 2.42. The van der Waals surface area contributed by atoms with Gasteiger partial charge in [0.2, 0.25) is 0 Å². The van der Waals surface area contributed by atoms with E-state index < -0.39 is 0 Å². The van der Waals surface area contributed by atoms with Crippen LogP contribution >= 0.6 is 0 Å². The molecule has 0 bridgehead atoms. The third kappa shape index (κ3) is 3.62. The van der Waals surface area contributed by atoms with Crippen molar-refractivity contribution in [1.82, 2.24) is 14.7 Å². The van der Waals surface area contributed by atoms with Gasteiger partial charge in [-0.1, -0.05) is 19.1 Å². The van der Waals surface area contributed by atoms with Gasteiger partial charge in [0, 0.05) is 38.4 Å². The number of rotatable bonds is 4. The third-order valence-corrected chi connectivity index (χ3v) is 4.64. The minimum Gasteiger partial charge on any atom is -0.368 e. The molecular formula is C18H24FN3O. The summed E-state index contributed by atoms with van der Waals surface area (Å²) < 4.78 is 20.9. The van der Waals surface area contributed by atoms with Gasteiger partial charge in [-0.2, -0.15) is 5.10 Å². The van der Waals surface area contributed by atoms with E-state index >= 15 is 0 Å². The van der Waals surface area contributed by atoms with Gasteiger partial charge in [0.1, 0.15) is 11.4 Å². The molecule has 0 N–H and O–H groups in total. The molecule has 1 aliphatic heterocycles. The Morgan fingerprint density at radius 2 is 2.09 bits per heavy atom. The topological polar surface area (TPSA) is 30.3 Å². The summed E-state index contributed by atoms with van der Waals surface area (Å²) in [7, 11) is 1.92. The minimum atomic E-state index is -0.324. The number of ether oxygens (including phenoxy) is 1. The normalized spacial score (nSPS) is 23.8. The molecule has 0 radical (unpaired) electrons. The van der Waals surface area contributed by atoms with E-state index in [1.807, 2.05) is 36.3 Å². The Balaban J connectivity index is 1.67. The van der Waals surface area contributed by atoms with Gasteiger partial charge < -0.3 is 4.74 Å². The van der Waals surface area contributed by atoms with E-state index in [9.17, 15) is 4.39 Å². The molecule has 23 heavy (non-hydrogen) atoms. The third-order valence-electron chi connectivity index (χ3n) is 4.64. The van der Waals surface area contributed by atoms with Crippen molar-refractivity contribution in [2.75, 3.05) is 26.2 Å². The fraction of sp³-hybridized carbons (Fsp3) is 0.500. The maximum Gasteiger partial charge on any atom is 0.123 e. The number of halogens is 1. The molecule has 0 saturated carbocycles. The Kier molecular flexibility index (Phi) is 4.50. The Bertz CT molecular complexity index is 655. The van der Waals surface area contributed by atoms with Crippen molar-refractivity contribution in [3.63, 3.8) is 0 Å². The molecular weight excluding hydrogens is 293 g/mol. The molecule has 5 heteroatoms. The Hall–Kier alpha value is -1.72. The summed E-state index contributed by atoms with van der Waals surface area (Å²) in [5.74, 6) is 0.170. The van der Waals surface area contributed by atoms with Crippen LogP contribution in [0.4, 0.5) is 4.39 Å². The second-order valence-electron chi connectivity index (χ2n) is 6.67. The lowest BCUT2D eigenvalue weighted by molar-refractivity contribution is -0.104. The van der Waals surface area contributed by atoms with Crippen LogP contribution in [-0.4, -0.2) is 40.9 Å². The van der Waals surface area contributed by atoms with E-state index in [1.165, 1.54) is 17.7 Å². The molecule has 2 heterocycles. The smallest absolute Gasteiger partial charge is 0.123 e. The molecule has 2 atom stereocenters. The first-order valence-corrected chi connectivity index (χ1v) is 8.07. The van der Waals surface area contributed by atoms with Crippen molar-refractivity contribution >= 4 is 0 Å². The molecule has 124 valence electrons. The second kappa shape index (κ2) is 6.42. The number of nitrogens with zero attached hydrogens (tertiary/aromatic N) is 3. The van der Waals surface area contributed by atoms with Crippen molar-refractivity contribution in [2.45, 2.75) is 25.4 Å². The number of hydrogen-bond acceptors (Lipinski definition) is 3. The largest absolute Gasteiger partial charge is 0.368 e. The van der Waals surface area contributed by atoms with Crippen molar-refractivity contribution in [1.29, 1.82) is 0 Å². The summed E-state index contributed by atoms with van der Waals surface area (Å²) in [6, 6.07) is 6.82. The quantitative estimate of drug-likeness (QED) is 0.868. The van der Waals surface area contributed by atoms with Crippen LogP contribution in [0.3, 0.4) is 0 Å². The average molecular weight is 317 g/mol. The average Bonchev–Trinajstić information content (AvgIpc) is 2.95. The van der Waals surface area contributed by atoms with Gasteiger partial charge >= 0.3 is 0 Å². The molecule has 1 fully saturated rings. The van der Waals surface area contributed by atoms with Crippen LogP contribution in [0.2, 0.25) is 0 Å². The number of benzene rings is 1. The highest BCUT2D eigenvalue weighted by molar-refractivity contribution is 5.21. The highest BCUT2D eigenvalue weighted by atomic mass is 19.1. The Labute approximate surface area is 136 Å². The standard InChI is InChI=1S/C18H24FN3O/c1-14(15-4-6-17(19)7-5-15)11-22-8-9-23-18(2,13-22)16-10-20-21(3)12-16/h4-7,10,12,14H,8-9,11,13H2,1-3H3/t14-,18+/m1/s1. The molecule has 4 nitrogen and oxygen atoms in total. The molecule has 0 unspecified atom stereocenters. The van der Waals surface area contributed by atoms with E-state index in [-0.39, 0.29) is 11.4 Å². The van der Waals surface area contributed by atoms with Crippen molar-refractivity contribution in [3.05, 3.63) is 53.6 Å². The molecule has 3 rings (SSSR count). The van der Waals surface area contributed by atoms with Crippen LogP contribution in [0.1, 0.15) is 30.9 Å². The molecule has 2 aromatic rings. The van der Waals surface area contributed by atoms with Crippen LogP contribution in [0.15, 0.2) is 36.7 Å². The number of aromatic nitrogens is 2. The van der Waals surface area contributed by atoms with E-state index in [1.54, 1.807) is 0 Å². The van der Waals surface area contributed by atoms with E-state index in [0.717, 1.165) is 25.2 Å². The predicted molar refractivity (Wildman–Crippen MR) is 87.8 cm³/mol. The lowest BCUT2D eigenvalue weighted by Crippen LogP contribution is -2.49. The van der Waals surface area contributed by atoms with Crippen LogP contribution in [-0.2, 0) is 17.4 Å². The first kappa shape index (κ1) is 16.1. The summed E-state index contributed by atoms with van der Waals surface area (Å²) >= 11 is 0. The molecule has 1 aliphatic rings. The predicted octanol–water partition coefficient (Wildman–Crippen LogP) is 2.91. The van der Waals surface area contributed by atoms with Crippen LogP contribution in [0, 0.1) is 5.82 Å². The number of aryl methyl sites for hydroxylation is 1. The van der Waals surface area contributed by atoms with Crippen LogP contribution in [0.25, 0.3) is 0 Å². The number of hydrogen-bond donors (Lipinski definition) is 0. The zero-order valence-corrected chi connectivity index (χ0v) is 14.0. The van der Waals surface area contributed by atoms with Gasteiger partial charge in [0.05, 0.1) is 12.8 Å². The molecule has 0 aliphatic carbocycles. The highest BCUT2D eigenvalue weighted by Crippen LogP contribution is 2.30. The summed E-state index contributed by atoms with van der Waals surface area (Å²) in [6.07, 6.45) is 3.90. The monoisotopic (exact) mass is 317 g/mol. The second-order valence-corrected chi connectivity index (χ2v) is 6.67. The summed E-state index contributed by atoms with van der Waals surface area (Å²) in [5, 5.41) is 4.26. The van der Waals surface area contributed by atoms with E-state index in [4.69, 9.17) is 4.74 Å². The van der Waals surface area contributed by atoms with Gasteiger partial charge in [-0.05, 0) is 30.5 Å². The molecule has 1 saturated heterocycles. The van der Waals surface area contributed by atoms with Crippen molar-refractivity contribution in [2.24, 2.45) is 7.05 Å². The van der Waals surface area contributed by atoms with Gasteiger partial charge in [-0.15, -0.1) is 0 Å². The van der Waals surface area contributed by atoms with Crippen molar-refractivity contribution < 1.29 is 9.13 Å². The number of morpholine rings is 1. The van der Waals surface area contributed by atoms with Gasteiger partial charge in [-0.25, -0.2) is 4.39 Å². The van der Waals surface area contributed by atoms with Gasteiger partial charge in [-0.3, -0.25) is 9.58 Å². The summed E-state index contributed by atoms with van der Waals surface area (Å²) in [5.41, 5.74) is 1.95. The van der Waals surface area contributed by atoms with E-state index in [2.05, 4.69) is 23.8 Å². The van der Waals surface area contributed by atoms with Crippen molar-refractivity contribution in [3.8, 4) is 0 Å². The molecule has 0 amide bonds. The van der Waals surface area contributed by atoms with Crippen LogP contribution in [0.5, 0.6) is 0 Å². The lowest BCUT2D eigenvalue weighted by atomic mass is 9.95. The molecule has 1 aromatic heterocycles. The Morgan fingerprint density at radius 1 is 1.35 bits per heavy atom. The molecule has 1 aromatic carbocycles. The highest BCUT2D eigenvalue weighted by Gasteiger charge is 2.35. The van der Waals surface area contributed by atoms with E-state index in [0.29, 0.717) is 12.5 Å². The van der Waals surface area contributed by atoms with Gasteiger partial charge in [0.25, 0.3) is 0 Å². The lowest BCUT2D eigenvalue weighted by Gasteiger charge is -2.41. The Morgan fingerprint density at radius 3 is 2.74 bits per heavy atom. The zero-order chi connectivity index (χ0) is 16.4.